The Kier molecular flexibility index (Phi) is 4.98. The maximum absolute atomic E-state index is 5.48. The van der Waals surface area contributed by atoms with Gasteiger partial charge in [0, 0.05) is 50.2 Å². The zero-order chi connectivity index (χ0) is 16.2. The van der Waals surface area contributed by atoms with Gasteiger partial charge in [-0.25, -0.2) is 0 Å². The molecule has 0 amide bonds. The Bertz CT molecular complexity index is 646. The smallest absolute Gasteiger partial charge is 0.0642 e. The lowest BCUT2D eigenvalue weighted by molar-refractivity contribution is 0.122. The van der Waals surface area contributed by atoms with E-state index in [2.05, 4.69) is 53.1 Å². The molecule has 0 bridgehead atoms. The highest BCUT2D eigenvalue weighted by atomic mass is 16.5. The highest BCUT2D eigenvalue weighted by Gasteiger charge is 2.15. The number of morpholine rings is 1. The number of hydrogen-bond donors (Lipinski definition) is 0. The van der Waals surface area contributed by atoms with Crippen molar-refractivity contribution in [1.29, 1.82) is 0 Å². The summed E-state index contributed by atoms with van der Waals surface area (Å²) in [5.74, 6) is 0. The van der Waals surface area contributed by atoms with Gasteiger partial charge >= 0.3 is 0 Å². The van der Waals surface area contributed by atoms with Crippen molar-refractivity contribution in [3.8, 4) is 0 Å². The molecule has 1 aromatic heterocycles. The normalized spacial score (nSPS) is 15.4. The van der Waals surface area contributed by atoms with E-state index < -0.39 is 0 Å². The Morgan fingerprint density at radius 1 is 1.13 bits per heavy atom. The first-order valence-electron chi connectivity index (χ1n) is 8.22. The zero-order valence-corrected chi connectivity index (χ0v) is 14.3. The van der Waals surface area contributed by atoms with E-state index in [0.29, 0.717) is 0 Å². The van der Waals surface area contributed by atoms with Crippen LogP contribution in [0.25, 0.3) is 0 Å². The molecular weight excluding hydrogens is 288 g/mol. The number of aryl methyl sites for hydroxylation is 1. The van der Waals surface area contributed by atoms with Crippen LogP contribution in [0.1, 0.15) is 16.8 Å². The summed E-state index contributed by atoms with van der Waals surface area (Å²) in [6, 6.07) is 8.71. The molecule has 5 nitrogen and oxygen atoms in total. The summed E-state index contributed by atoms with van der Waals surface area (Å²) < 4.78 is 7.41. The molecule has 0 N–H and O–H groups in total. The van der Waals surface area contributed by atoms with Gasteiger partial charge in [0.1, 0.15) is 0 Å². The standard InChI is InChI=1S/C18H26N4O/c1-15-17(12-19-21(15)3)14-20(2)13-16-6-4-5-7-18(16)22-8-10-23-11-9-22/h4-7,12H,8-11,13-14H2,1-3H3. The molecule has 23 heavy (non-hydrogen) atoms. The molecule has 0 radical (unpaired) electrons. The lowest BCUT2D eigenvalue weighted by Crippen LogP contribution is -2.37. The van der Waals surface area contributed by atoms with E-state index in [1.165, 1.54) is 22.5 Å². The Labute approximate surface area is 138 Å². The molecule has 0 unspecified atom stereocenters. The first kappa shape index (κ1) is 16.0. The van der Waals surface area contributed by atoms with Crippen LogP contribution in [-0.2, 0) is 24.9 Å². The maximum Gasteiger partial charge on any atom is 0.0642 e. The number of nitrogens with zero attached hydrogens (tertiary/aromatic N) is 4. The third kappa shape index (κ3) is 3.74. The second-order valence-corrected chi connectivity index (χ2v) is 6.28. The molecule has 1 aromatic carbocycles. The van der Waals surface area contributed by atoms with Gasteiger partial charge in [-0.15, -0.1) is 0 Å². The summed E-state index contributed by atoms with van der Waals surface area (Å²) in [6.07, 6.45) is 1.97. The minimum absolute atomic E-state index is 0.819. The first-order valence-corrected chi connectivity index (χ1v) is 8.22. The molecule has 0 aliphatic carbocycles. The first-order chi connectivity index (χ1) is 11.1. The molecule has 3 rings (SSSR count). The van der Waals surface area contributed by atoms with Crippen molar-refractivity contribution in [3.05, 3.63) is 47.3 Å². The second-order valence-electron chi connectivity index (χ2n) is 6.28. The van der Waals surface area contributed by atoms with Gasteiger partial charge in [0.2, 0.25) is 0 Å². The van der Waals surface area contributed by atoms with Gasteiger partial charge in [-0.2, -0.15) is 5.10 Å². The average Bonchev–Trinajstić information content (AvgIpc) is 2.88. The molecule has 5 heteroatoms. The van der Waals surface area contributed by atoms with Crippen LogP contribution in [0.15, 0.2) is 30.5 Å². The third-order valence-corrected chi connectivity index (χ3v) is 4.56. The van der Waals surface area contributed by atoms with Gasteiger partial charge in [0.15, 0.2) is 0 Å². The second kappa shape index (κ2) is 7.15. The monoisotopic (exact) mass is 314 g/mol. The molecule has 1 aliphatic heterocycles. The molecule has 1 saturated heterocycles. The summed E-state index contributed by atoms with van der Waals surface area (Å²) in [5, 5.41) is 4.34. The molecule has 124 valence electrons. The molecule has 2 aromatic rings. The van der Waals surface area contributed by atoms with Gasteiger partial charge in [0.25, 0.3) is 0 Å². The van der Waals surface area contributed by atoms with E-state index in [1.54, 1.807) is 0 Å². The van der Waals surface area contributed by atoms with E-state index in [0.717, 1.165) is 39.4 Å². The lowest BCUT2D eigenvalue weighted by Gasteiger charge is -2.31. The van der Waals surface area contributed by atoms with Crippen LogP contribution >= 0.6 is 0 Å². The van der Waals surface area contributed by atoms with Crippen molar-refractivity contribution in [2.45, 2.75) is 20.0 Å². The number of aromatic nitrogens is 2. The minimum atomic E-state index is 0.819. The number of benzene rings is 1. The van der Waals surface area contributed by atoms with Crippen LogP contribution in [0.2, 0.25) is 0 Å². The van der Waals surface area contributed by atoms with Gasteiger partial charge in [0.05, 0.1) is 19.4 Å². The van der Waals surface area contributed by atoms with Gasteiger partial charge in [-0.3, -0.25) is 9.58 Å². The molecule has 1 aliphatic rings. The predicted molar refractivity (Wildman–Crippen MR) is 92.6 cm³/mol. The average molecular weight is 314 g/mol. The third-order valence-electron chi connectivity index (χ3n) is 4.56. The Morgan fingerprint density at radius 2 is 1.83 bits per heavy atom. The van der Waals surface area contributed by atoms with Crippen molar-refractivity contribution in [3.63, 3.8) is 0 Å². The minimum Gasteiger partial charge on any atom is -0.378 e. The van der Waals surface area contributed by atoms with Crippen LogP contribution in [0.4, 0.5) is 5.69 Å². The summed E-state index contributed by atoms with van der Waals surface area (Å²) >= 11 is 0. The summed E-state index contributed by atoms with van der Waals surface area (Å²) in [5.41, 5.74) is 5.24. The fourth-order valence-corrected chi connectivity index (χ4v) is 3.09. The van der Waals surface area contributed by atoms with E-state index in [1.807, 2.05) is 17.9 Å². The van der Waals surface area contributed by atoms with Crippen molar-refractivity contribution in [2.75, 3.05) is 38.3 Å². The Hall–Kier alpha value is -1.85. The SMILES string of the molecule is Cc1c(CN(C)Cc2ccccc2N2CCOCC2)cnn1C. The van der Waals surface area contributed by atoms with Gasteiger partial charge in [-0.05, 0) is 25.6 Å². The number of ether oxygens (including phenoxy) is 1. The highest BCUT2D eigenvalue weighted by Crippen LogP contribution is 2.23. The highest BCUT2D eigenvalue weighted by molar-refractivity contribution is 5.53. The van der Waals surface area contributed by atoms with Crippen LogP contribution in [0.5, 0.6) is 0 Å². The van der Waals surface area contributed by atoms with E-state index in [9.17, 15) is 0 Å². The molecule has 2 heterocycles. The number of rotatable bonds is 5. The fourth-order valence-electron chi connectivity index (χ4n) is 3.09. The number of hydrogen-bond acceptors (Lipinski definition) is 4. The molecule has 0 saturated carbocycles. The topological polar surface area (TPSA) is 33.5 Å². The summed E-state index contributed by atoms with van der Waals surface area (Å²) in [7, 11) is 4.16. The lowest BCUT2D eigenvalue weighted by atomic mass is 10.1. The van der Waals surface area contributed by atoms with Crippen LogP contribution in [0, 0.1) is 6.92 Å². The molecule has 1 fully saturated rings. The van der Waals surface area contributed by atoms with Crippen LogP contribution in [-0.4, -0.2) is 48.0 Å². The molecule has 0 spiro atoms. The molecule has 0 atom stereocenters. The fraction of sp³-hybridized carbons (Fsp3) is 0.500. The summed E-state index contributed by atoms with van der Waals surface area (Å²) in [4.78, 5) is 4.78. The summed E-state index contributed by atoms with van der Waals surface area (Å²) in [6.45, 7) is 7.56. The quantitative estimate of drug-likeness (QED) is 0.847. The van der Waals surface area contributed by atoms with E-state index in [-0.39, 0.29) is 0 Å². The predicted octanol–water partition coefficient (Wildman–Crippen LogP) is 2.20. The van der Waals surface area contributed by atoms with E-state index >= 15 is 0 Å². The van der Waals surface area contributed by atoms with Crippen LogP contribution < -0.4 is 4.90 Å². The van der Waals surface area contributed by atoms with Crippen molar-refractivity contribution < 1.29 is 4.74 Å². The van der Waals surface area contributed by atoms with E-state index in [4.69, 9.17) is 4.74 Å². The van der Waals surface area contributed by atoms with Crippen molar-refractivity contribution >= 4 is 5.69 Å². The number of para-hydroxylation sites is 1. The van der Waals surface area contributed by atoms with Crippen LogP contribution in [0.3, 0.4) is 0 Å². The Balaban J connectivity index is 1.70. The molecular formula is C18H26N4O. The largest absolute Gasteiger partial charge is 0.378 e. The van der Waals surface area contributed by atoms with Crippen molar-refractivity contribution in [1.82, 2.24) is 14.7 Å². The van der Waals surface area contributed by atoms with Gasteiger partial charge in [-0.1, -0.05) is 18.2 Å². The number of anilines is 1. The zero-order valence-electron chi connectivity index (χ0n) is 14.3. The Morgan fingerprint density at radius 3 is 2.52 bits per heavy atom. The van der Waals surface area contributed by atoms with Gasteiger partial charge < -0.3 is 9.64 Å². The maximum atomic E-state index is 5.48. The van der Waals surface area contributed by atoms with Crippen molar-refractivity contribution in [2.24, 2.45) is 7.05 Å².